The van der Waals surface area contributed by atoms with Crippen LogP contribution in [-0.4, -0.2) is 59.2 Å². The predicted molar refractivity (Wildman–Crippen MR) is 80.1 cm³/mol. The third-order valence-electron chi connectivity index (χ3n) is 4.20. The molecule has 1 unspecified atom stereocenters. The molecule has 3 heterocycles. The molecular formula is C14H21N5O2. The molecule has 0 aromatic carbocycles. The second-order valence-electron chi connectivity index (χ2n) is 5.68. The summed E-state index contributed by atoms with van der Waals surface area (Å²) in [5.74, 6) is 0. The Balaban J connectivity index is 1.49. The van der Waals surface area contributed by atoms with Crippen LogP contribution in [0.5, 0.6) is 0 Å². The fourth-order valence-electron chi connectivity index (χ4n) is 3.06. The van der Waals surface area contributed by atoms with Gasteiger partial charge in [-0.15, -0.1) is 0 Å². The lowest BCUT2D eigenvalue weighted by Gasteiger charge is -2.36. The van der Waals surface area contributed by atoms with E-state index in [-0.39, 0.29) is 11.6 Å². The minimum Gasteiger partial charge on any atom is -0.398 e. The Labute approximate surface area is 123 Å². The zero-order valence-corrected chi connectivity index (χ0v) is 12.0. The minimum absolute atomic E-state index is 0.0143. The van der Waals surface area contributed by atoms with Crippen LogP contribution in [-0.2, 0) is 6.54 Å². The summed E-state index contributed by atoms with van der Waals surface area (Å²) in [7, 11) is 0. The van der Waals surface area contributed by atoms with Crippen LogP contribution in [0.2, 0.25) is 0 Å². The summed E-state index contributed by atoms with van der Waals surface area (Å²) in [5, 5.41) is 2.88. The van der Waals surface area contributed by atoms with Gasteiger partial charge in [-0.05, 0) is 19.0 Å². The highest BCUT2D eigenvalue weighted by atomic mass is 16.2. The second kappa shape index (κ2) is 5.77. The highest BCUT2D eigenvalue weighted by Crippen LogP contribution is 2.14. The van der Waals surface area contributed by atoms with Crippen molar-refractivity contribution in [3.05, 3.63) is 28.7 Å². The van der Waals surface area contributed by atoms with Gasteiger partial charge in [0.15, 0.2) is 0 Å². The maximum absolute atomic E-state index is 11.7. The third-order valence-corrected chi connectivity index (χ3v) is 4.20. The highest BCUT2D eigenvalue weighted by Gasteiger charge is 2.34. The number of anilines is 1. The van der Waals surface area contributed by atoms with Gasteiger partial charge in [-0.25, -0.2) is 4.79 Å². The maximum Gasteiger partial charge on any atom is 0.317 e. The summed E-state index contributed by atoms with van der Waals surface area (Å²) >= 11 is 0. The molecule has 2 aliphatic heterocycles. The van der Waals surface area contributed by atoms with Crippen molar-refractivity contribution in [1.82, 2.24) is 19.7 Å². The molecule has 0 saturated carbocycles. The molecular weight excluding hydrogens is 270 g/mol. The Morgan fingerprint density at radius 1 is 1.24 bits per heavy atom. The summed E-state index contributed by atoms with van der Waals surface area (Å²) in [6.45, 7) is 4.94. The van der Waals surface area contributed by atoms with Crippen LogP contribution >= 0.6 is 0 Å². The van der Waals surface area contributed by atoms with E-state index < -0.39 is 0 Å². The van der Waals surface area contributed by atoms with Crippen LogP contribution in [0.4, 0.5) is 10.5 Å². The van der Waals surface area contributed by atoms with Gasteiger partial charge in [-0.1, -0.05) is 0 Å². The van der Waals surface area contributed by atoms with E-state index in [0.717, 1.165) is 39.1 Å². The monoisotopic (exact) mass is 291 g/mol. The SMILES string of the molecule is Nc1ccc(=O)n(CCCN2CCN3C(=O)NCC3C2)c1. The number of hydrogen-bond acceptors (Lipinski definition) is 4. The molecule has 0 bridgehead atoms. The normalized spacial score (nSPS) is 22.2. The molecule has 1 atom stereocenters. The van der Waals surface area contributed by atoms with Gasteiger partial charge in [0, 0.05) is 50.7 Å². The van der Waals surface area contributed by atoms with Crippen LogP contribution in [0.1, 0.15) is 6.42 Å². The molecule has 1 aromatic heterocycles. The number of nitrogens with one attached hydrogen (secondary N) is 1. The van der Waals surface area contributed by atoms with Gasteiger partial charge in [0.2, 0.25) is 0 Å². The molecule has 2 saturated heterocycles. The van der Waals surface area contributed by atoms with Gasteiger partial charge in [-0.2, -0.15) is 0 Å². The number of pyridine rings is 1. The Hall–Kier alpha value is -2.02. The van der Waals surface area contributed by atoms with Gasteiger partial charge in [0.05, 0.1) is 6.04 Å². The van der Waals surface area contributed by atoms with Crippen LogP contribution in [0.15, 0.2) is 23.1 Å². The number of rotatable bonds is 4. The van der Waals surface area contributed by atoms with Crippen molar-refractivity contribution in [2.75, 3.05) is 38.5 Å². The largest absolute Gasteiger partial charge is 0.398 e. The zero-order chi connectivity index (χ0) is 14.8. The quantitative estimate of drug-likeness (QED) is 0.785. The van der Waals surface area contributed by atoms with Crippen molar-refractivity contribution in [1.29, 1.82) is 0 Å². The Morgan fingerprint density at radius 2 is 2.10 bits per heavy atom. The molecule has 21 heavy (non-hydrogen) atoms. The number of hydrogen-bond donors (Lipinski definition) is 2. The second-order valence-corrected chi connectivity index (χ2v) is 5.68. The Kier molecular flexibility index (Phi) is 3.83. The van der Waals surface area contributed by atoms with Crippen LogP contribution in [0.25, 0.3) is 0 Å². The molecule has 3 rings (SSSR count). The first-order chi connectivity index (χ1) is 10.1. The van der Waals surface area contributed by atoms with Crippen molar-refractivity contribution in [2.45, 2.75) is 19.0 Å². The Morgan fingerprint density at radius 3 is 2.95 bits per heavy atom. The molecule has 2 fully saturated rings. The van der Waals surface area contributed by atoms with Crippen molar-refractivity contribution in [3.8, 4) is 0 Å². The van der Waals surface area contributed by atoms with Crippen molar-refractivity contribution in [2.24, 2.45) is 0 Å². The number of carbonyl (C=O) groups excluding carboxylic acids is 1. The van der Waals surface area contributed by atoms with Crippen molar-refractivity contribution < 1.29 is 4.79 Å². The number of aryl methyl sites for hydroxylation is 1. The van der Waals surface area contributed by atoms with E-state index in [9.17, 15) is 9.59 Å². The van der Waals surface area contributed by atoms with Crippen molar-refractivity contribution in [3.63, 3.8) is 0 Å². The van der Waals surface area contributed by atoms with E-state index in [2.05, 4.69) is 10.2 Å². The van der Waals surface area contributed by atoms with E-state index in [1.807, 2.05) is 4.90 Å². The lowest BCUT2D eigenvalue weighted by Crippen LogP contribution is -2.52. The summed E-state index contributed by atoms with van der Waals surface area (Å²) in [6.07, 6.45) is 2.59. The Bertz CT molecular complexity index is 585. The third kappa shape index (κ3) is 3.02. The number of amides is 2. The number of nitrogens with two attached hydrogens (primary N) is 1. The first-order valence-corrected chi connectivity index (χ1v) is 7.36. The van der Waals surface area contributed by atoms with E-state index in [4.69, 9.17) is 5.73 Å². The molecule has 7 nitrogen and oxygen atoms in total. The molecule has 2 amide bonds. The number of piperazine rings is 1. The number of carbonyl (C=O) groups is 1. The summed E-state index contributed by atoms with van der Waals surface area (Å²) in [5.41, 5.74) is 6.29. The fourth-order valence-corrected chi connectivity index (χ4v) is 3.06. The van der Waals surface area contributed by atoms with Gasteiger partial charge in [0.25, 0.3) is 5.56 Å². The topological polar surface area (TPSA) is 83.6 Å². The number of fused-ring (bicyclic) bond motifs is 1. The first kappa shape index (κ1) is 13.9. The minimum atomic E-state index is -0.0143. The predicted octanol–water partition coefficient (Wildman–Crippen LogP) is -0.470. The number of aromatic nitrogens is 1. The standard InChI is InChI=1S/C14H21N5O2/c15-11-2-3-13(20)18(9-11)5-1-4-17-6-7-19-12(10-17)8-16-14(19)21/h2-3,9,12H,1,4-8,10,15H2,(H,16,21). The average molecular weight is 291 g/mol. The average Bonchev–Trinajstić information content (AvgIpc) is 2.84. The summed E-state index contributed by atoms with van der Waals surface area (Å²) in [4.78, 5) is 27.5. The van der Waals surface area contributed by atoms with Crippen LogP contribution in [0.3, 0.4) is 0 Å². The van der Waals surface area contributed by atoms with E-state index in [1.165, 1.54) is 6.07 Å². The molecule has 0 radical (unpaired) electrons. The molecule has 7 heteroatoms. The zero-order valence-electron chi connectivity index (χ0n) is 12.0. The van der Waals surface area contributed by atoms with Gasteiger partial charge in [-0.3, -0.25) is 9.69 Å². The fraction of sp³-hybridized carbons (Fsp3) is 0.571. The van der Waals surface area contributed by atoms with E-state index in [1.54, 1.807) is 16.8 Å². The van der Waals surface area contributed by atoms with Crippen LogP contribution < -0.4 is 16.6 Å². The van der Waals surface area contributed by atoms with E-state index in [0.29, 0.717) is 18.3 Å². The number of nitrogens with zero attached hydrogens (tertiary/aromatic N) is 3. The van der Waals surface area contributed by atoms with Gasteiger partial charge in [0.1, 0.15) is 0 Å². The molecule has 3 N–H and O–H groups in total. The smallest absolute Gasteiger partial charge is 0.317 e. The maximum atomic E-state index is 11.7. The van der Waals surface area contributed by atoms with Crippen LogP contribution in [0, 0.1) is 0 Å². The summed E-state index contributed by atoms with van der Waals surface area (Å²) in [6, 6.07) is 3.49. The number of nitrogen functional groups attached to an aromatic ring is 1. The lowest BCUT2D eigenvalue weighted by molar-refractivity contribution is 0.119. The summed E-state index contributed by atoms with van der Waals surface area (Å²) < 4.78 is 1.66. The lowest BCUT2D eigenvalue weighted by atomic mass is 10.2. The number of urea groups is 1. The highest BCUT2D eigenvalue weighted by molar-refractivity contribution is 5.77. The van der Waals surface area contributed by atoms with E-state index >= 15 is 0 Å². The van der Waals surface area contributed by atoms with Gasteiger partial charge >= 0.3 is 6.03 Å². The molecule has 2 aliphatic rings. The molecule has 114 valence electrons. The molecule has 1 aromatic rings. The molecule has 0 spiro atoms. The molecule has 0 aliphatic carbocycles. The van der Waals surface area contributed by atoms with Gasteiger partial charge < -0.3 is 20.5 Å². The first-order valence-electron chi connectivity index (χ1n) is 7.36. The van der Waals surface area contributed by atoms with Crippen molar-refractivity contribution >= 4 is 11.7 Å².